The van der Waals surface area contributed by atoms with Crippen LogP contribution in [0, 0.1) is 5.41 Å². The summed E-state index contributed by atoms with van der Waals surface area (Å²) in [5, 5.41) is 9.03. The molecule has 1 aromatic heterocycles. The number of hydrogen-bond acceptors (Lipinski definition) is 3. The number of fused-ring (bicyclic) bond motifs is 1. The minimum absolute atomic E-state index is 0.189. The van der Waals surface area contributed by atoms with Gasteiger partial charge in [0, 0.05) is 31.2 Å². The Morgan fingerprint density at radius 2 is 2.05 bits per heavy atom. The molecule has 2 saturated heterocycles. The maximum absolute atomic E-state index is 12.5. The third-order valence-corrected chi connectivity index (χ3v) is 5.27. The molecule has 3 heterocycles. The zero-order valence-electron chi connectivity index (χ0n) is 12.8. The number of nitrogens with zero attached hydrogens (tertiary/aromatic N) is 3. The van der Waals surface area contributed by atoms with Crippen LogP contribution in [0.5, 0.6) is 0 Å². The normalized spacial score (nSPS) is 20.8. The summed E-state index contributed by atoms with van der Waals surface area (Å²) in [5.41, 5.74) is 1.40. The van der Waals surface area contributed by atoms with Gasteiger partial charge < -0.3 is 10.2 Å². The molecule has 1 spiro atoms. The highest BCUT2D eigenvalue weighted by Crippen LogP contribution is 2.36. The van der Waals surface area contributed by atoms with E-state index < -0.39 is 0 Å². The average Bonchev–Trinajstić information content (AvgIpc) is 3.14. The van der Waals surface area contributed by atoms with Crippen molar-refractivity contribution in [3.05, 3.63) is 30.5 Å². The van der Waals surface area contributed by atoms with Crippen molar-refractivity contribution in [2.45, 2.75) is 25.8 Å². The number of hydrogen-bond donors (Lipinski definition) is 1. The Hall–Kier alpha value is -1.88. The van der Waals surface area contributed by atoms with Crippen LogP contribution in [0.15, 0.2) is 30.5 Å². The van der Waals surface area contributed by atoms with Crippen molar-refractivity contribution in [3.63, 3.8) is 0 Å². The maximum Gasteiger partial charge on any atom is 0.244 e. The maximum atomic E-state index is 12.5. The predicted molar refractivity (Wildman–Crippen MR) is 85.5 cm³/mol. The van der Waals surface area contributed by atoms with E-state index in [0.717, 1.165) is 49.9 Å². The van der Waals surface area contributed by atoms with Gasteiger partial charge in [0.15, 0.2) is 0 Å². The molecule has 0 unspecified atom stereocenters. The first-order valence-corrected chi connectivity index (χ1v) is 8.15. The second-order valence-corrected chi connectivity index (χ2v) is 6.69. The largest absolute Gasteiger partial charge is 0.341 e. The average molecular weight is 298 g/mol. The van der Waals surface area contributed by atoms with Crippen molar-refractivity contribution in [2.24, 2.45) is 5.41 Å². The minimum Gasteiger partial charge on any atom is -0.341 e. The Labute approximate surface area is 130 Å². The molecular weight excluding hydrogens is 276 g/mol. The van der Waals surface area contributed by atoms with Gasteiger partial charge in [-0.05, 0) is 37.3 Å². The topological polar surface area (TPSA) is 50.2 Å². The molecule has 0 saturated carbocycles. The zero-order chi connectivity index (χ0) is 15.0. The molecule has 0 radical (unpaired) electrons. The van der Waals surface area contributed by atoms with Gasteiger partial charge in [-0.25, -0.2) is 0 Å². The van der Waals surface area contributed by atoms with Gasteiger partial charge in [0.1, 0.15) is 6.54 Å². The van der Waals surface area contributed by atoms with Crippen LogP contribution in [0.25, 0.3) is 10.9 Å². The van der Waals surface area contributed by atoms with E-state index in [9.17, 15) is 4.79 Å². The Morgan fingerprint density at radius 3 is 2.77 bits per heavy atom. The standard InChI is InChI=1S/C17H22N4O/c22-16(12-21-11-14-3-1-2-4-15(14)19-21)20-9-6-17(7-10-20)5-8-18-13-17/h1-4,11,18H,5-10,12-13H2. The van der Waals surface area contributed by atoms with Crippen LogP contribution in [0.2, 0.25) is 0 Å². The molecule has 1 N–H and O–H groups in total. The third-order valence-electron chi connectivity index (χ3n) is 5.27. The van der Waals surface area contributed by atoms with Gasteiger partial charge in [0.25, 0.3) is 0 Å². The number of aromatic nitrogens is 2. The lowest BCUT2D eigenvalue weighted by molar-refractivity contribution is -0.134. The highest BCUT2D eigenvalue weighted by atomic mass is 16.2. The van der Waals surface area contributed by atoms with Crippen LogP contribution in [0.1, 0.15) is 19.3 Å². The number of piperidine rings is 1. The zero-order valence-corrected chi connectivity index (χ0v) is 12.8. The Bertz CT molecular complexity index is 644. The van der Waals surface area contributed by atoms with Crippen LogP contribution < -0.4 is 5.32 Å². The highest BCUT2D eigenvalue weighted by molar-refractivity contribution is 5.79. The number of benzene rings is 1. The summed E-state index contributed by atoms with van der Waals surface area (Å²) in [4.78, 5) is 14.5. The molecule has 116 valence electrons. The Kier molecular flexibility index (Phi) is 3.37. The van der Waals surface area contributed by atoms with E-state index in [0.29, 0.717) is 12.0 Å². The lowest BCUT2D eigenvalue weighted by atomic mass is 9.78. The molecule has 22 heavy (non-hydrogen) atoms. The quantitative estimate of drug-likeness (QED) is 0.917. The van der Waals surface area contributed by atoms with Gasteiger partial charge in [-0.3, -0.25) is 9.48 Å². The number of nitrogens with one attached hydrogen (secondary N) is 1. The number of carbonyl (C=O) groups excluding carboxylic acids is 1. The van der Waals surface area contributed by atoms with Gasteiger partial charge in [-0.1, -0.05) is 18.2 Å². The number of likely N-dealkylation sites (tertiary alicyclic amines) is 1. The van der Waals surface area contributed by atoms with Crippen molar-refractivity contribution >= 4 is 16.8 Å². The van der Waals surface area contributed by atoms with Gasteiger partial charge in [0.05, 0.1) is 5.52 Å². The summed E-state index contributed by atoms with van der Waals surface area (Å²) in [7, 11) is 0. The van der Waals surface area contributed by atoms with E-state index in [1.165, 1.54) is 6.42 Å². The molecular formula is C17H22N4O. The monoisotopic (exact) mass is 298 g/mol. The van der Waals surface area contributed by atoms with Crippen molar-refractivity contribution in [1.82, 2.24) is 20.0 Å². The molecule has 5 nitrogen and oxygen atoms in total. The summed E-state index contributed by atoms with van der Waals surface area (Å²) < 4.78 is 1.77. The van der Waals surface area contributed by atoms with Gasteiger partial charge in [-0.2, -0.15) is 5.10 Å². The van der Waals surface area contributed by atoms with Crippen molar-refractivity contribution in [3.8, 4) is 0 Å². The third kappa shape index (κ3) is 2.50. The lowest BCUT2D eigenvalue weighted by Gasteiger charge is -2.38. The number of amides is 1. The Morgan fingerprint density at radius 1 is 1.23 bits per heavy atom. The summed E-state index contributed by atoms with van der Waals surface area (Å²) in [6.45, 7) is 4.38. The van der Waals surface area contributed by atoms with E-state index >= 15 is 0 Å². The fraction of sp³-hybridized carbons (Fsp3) is 0.529. The van der Waals surface area contributed by atoms with E-state index in [-0.39, 0.29) is 5.91 Å². The van der Waals surface area contributed by atoms with E-state index in [1.54, 1.807) is 4.68 Å². The van der Waals surface area contributed by atoms with Crippen LogP contribution in [0.4, 0.5) is 0 Å². The summed E-state index contributed by atoms with van der Waals surface area (Å²) in [6, 6.07) is 7.98. The molecule has 2 aromatic rings. The smallest absolute Gasteiger partial charge is 0.244 e. The summed E-state index contributed by atoms with van der Waals surface area (Å²) >= 11 is 0. The van der Waals surface area contributed by atoms with Crippen LogP contribution in [-0.2, 0) is 11.3 Å². The molecule has 1 amide bonds. The van der Waals surface area contributed by atoms with Gasteiger partial charge in [-0.15, -0.1) is 0 Å². The van der Waals surface area contributed by atoms with Crippen LogP contribution in [0.3, 0.4) is 0 Å². The first-order valence-electron chi connectivity index (χ1n) is 8.15. The second-order valence-electron chi connectivity index (χ2n) is 6.69. The summed E-state index contributed by atoms with van der Waals surface area (Å²) in [6.07, 6.45) is 5.48. The minimum atomic E-state index is 0.189. The molecule has 0 bridgehead atoms. The van der Waals surface area contributed by atoms with Gasteiger partial charge in [0.2, 0.25) is 5.91 Å². The van der Waals surface area contributed by atoms with Crippen LogP contribution in [-0.4, -0.2) is 46.8 Å². The first-order chi connectivity index (χ1) is 10.7. The van der Waals surface area contributed by atoms with E-state index in [4.69, 9.17) is 0 Å². The molecule has 5 heteroatoms. The SMILES string of the molecule is O=C(Cn1cc2ccccc2n1)N1CCC2(CCNC2)CC1. The summed E-state index contributed by atoms with van der Waals surface area (Å²) in [5.74, 6) is 0.189. The molecule has 4 rings (SSSR count). The molecule has 2 aliphatic rings. The fourth-order valence-corrected chi connectivity index (χ4v) is 3.79. The predicted octanol–water partition coefficient (Wildman–Crippen LogP) is 1.64. The number of rotatable bonds is 2. The molecule has 0 aliphatic carbocycles. The van der Waals surface area contributed by atoms with E-state index in [2.05, 4.69) is 10.4 Å². The van der Waals surface area contributed by atoms with Crippen molar-refractivity contribution in [1.29, 1.82) is 0 Å². The fourth-order valence-electron chi connectivity index (χ4n) is 3.79. The molecule has 1 aromatic carbocycles. The van der Waals surface area contributed by atoms with Gasteiger partial charge >= 0.3 is 0 Å². The van der Waals surface area contributed by atoms with Crippen molar-refractivity contribution in [2.75, 3.05) is 26.2 Å². The Balaban J connectivity index is 1.40. The van der Waals surface area contributed by atoms with Crippen LogP contribution >= 0.6 is 0 Å². The molecule has 2 fully saturated rings. The van der Waals surface area contributed by atoms with E-state index in [1.807, 2.05) is 35.4 Å². The highest BCUT2D eigenvalue weighted by Gasteiger charge is 2.37. The lowest BCUT2D eigenvalue weighted by Crippen LogP contribution is -2.45. The van der Waals surface area contributed by atoms with Crippen molar-refractivity contribution < 1.29 is 4.79 Å². The first kappa shape index (κ1) is 13.8. The number of carbonyl (C=O) groups is 1. The molecule has 0 atom stereocenters. The molecule has 2 aliphatic heterocycles. The second kappa shape index (κ2) is 5.39.